The molecule has 0 unspecified atom stereocenters. The molecule has 7 heteroatoms. The number of alkyl halides is 2. The summed E-state index contributed by atoms with van der Waals surface area (Å²) < 4.78 is 52.8. The average Bonchev–Trinajstić information content (AvgIpc) is 2.93. The van der Waals surface area contributed by atoms with Gasteiger partial charge < -0.3 is 14.2 Å². The van der Waals surface area contributed by atoms with Crippen LogP contribution in [0.4, 0.5) is 13.2 Å². The highest BCUT2D eigenvalue weighted by Gasteiger charge is 2.23. The molecular weight excluding hydrogens is 289 g/mol. The number of methoxy groups -OCH3 is 1. The lowest BCUT2D eigenvalue weighted by atomic mass is 10.2. The second-order valence-electron chi connectivity index (χ2n) is 4.67. The third-order valence-electron chi connectivity index (χ3n) is 3.25. The maximum atomic E-state index is 13.8. The Kier molecular flexibility index (Phi) is 4.93. The van der Waals surface area contributed by atoms with Crippen LogP contribution in [0.15, 0.2) is 12.1 Å². The van der Waals surface area contributed by atoms with Gasteiger partial charge in [-0.2, -0.15) is 8.78 Å². The molecule has 1 aliphatic carbocycles. The van der Waals surface area contributed by atoms with Crippen LogP contribution >= 0.6 is 0 Å². The smallest absolute Gasteiger partial charge is 0.387 e. The lowest BCUT2D eigenvalue weighted by Crippen LogP contribution is -2.14. The third kappa shape index (κ3) is 3.80. The minimum atomic E-state index is -3.11. The van der Waals surface area contributed by atoms with E-state index < -0.39 is 24.1 Å². The van der Waals surface area contributed by atoms with Gasteiger partial charge in [0.25, 0.3) is 0 Å². The Morgan fingerprint density at radius 2 is 1.90 bits per heavy atom. The maximum absolute atomic E-state index is 13.8. The first kappa shape index (κ1) is 15.5. The van der Waals surface area contributed by atoms with Gasteiger partial charge in [-0.15, -0.1) is 0 Å². The first-order valence-electron chi connectivity index (χ1n) is 6.54. The Bertz CT molecular complexity index is 513. The fraction of sp³-hybridized carbons (Fsp3) is 0.500. The zero-order chi connectivity index (χ0) is 15.4. The summed E-state index contributed by atoms with van der Waals surface area (Å²) >= 11 is 0. The third-order valence-corrected chi connectivity index (χ3v) is 3.25. The predicted octanol–water partition coefficient (Wildman–Crippen LogP) is 3.54. The molecule has 0 heterocycles. The normalized spacial score (nSPS) is 15.3. The number of halogens is 3. The highest BCUT2D eigenvalue weighted by atomic mass is 19.3. The number of esters is 1. The van der Waals surface area contributed by atoms with E-state index in [0.717, 1.165) is 38.9 Å². The van der Waals surface area contributed by atoms with Gasteiger partial charge in [0.1, 0.15) is 5.82 Å². The number of hydrogen-bond donors (Lipinski definition) is 0. The molecule has 2 rings (SSSR count). The zero-order valence-electron chi connectivity index (χ0n) is 11.4. The molecule has 4 nitrogen and oxygen atoms in total. The van der Waals surface area contributed by atoms with E-state index in [2.05, 4.69) is 9.47 Å². The van der Waals surface area contributed by atoms with E-state index in [-0.39, 0.29) is 17.4 Å². The minimum Gasteiger partial charge on any atom is -0.487 e. The van der Waals surface area contributed by atoms with Crippen molar-refractivity contribution in [3.8, 4) is 11.5 Å². The number of ether oxygens (including phenoxy) is 3. The Morgan fingerprint density at radius 1 is 1.24 bits per heavy atom. The van der Waals surface area contributed by atoms with Crippen molar-refractivity contribution in [2.24, 2.45) is 0 Å². The molecule has 21 heavy (non-hydrogen) atoms. The second-order valence-corrected chi connectivity index (χ2v) is 4.67. The largest absolute Gasteiger partial charge is 0.487 e. The molecule has 0 aliphatic heterocycles. The molecule has 0 saturated heterocycles. The number of benzene rings is 1. The van der Waals surface area contributed by atoms with Gasteiger partial charge in [-0.3, -0.25) is 0 Å². The zero-order valence-corrected chi connectivity index (χ0v) is 11.4. The summed E-state index contributed by atoms with van der Waals surface area (Å²) in [5, 5.41) is 0. The standard InChI is InChI=1S/C14H15F3O4/c1-19-13(18)9-6-11(20-8-4-2-3-5-8)12(7-10(9)15)21-14(16)17/h6-8,14H,2-5H2,1H3. The van der Waals surface area contributed by atoms with Gasteiger partial charge in [0.2, 0.25) is 0 Å². The highest BCUT2D eigenvalue weighted by Crippen LogP contribution is 2.35. The van der Waals surface area contributed by atoms with Crippen molar-refractivity contribution in [3.05, 3.63) is 23.5 Å². The Morgan fingerprint density at radius 3 is 2.48 bits per heavy atom. The summed E-state index contributed by atoms with van der Waals surface area (Å²) in [5.41, 5.74) is -0.382. The molecular formula is C14H15F3O4. The SMILES string of the molecule is COC(=O)c1cc(OC2CCCC2)c(OC(F)F)cc1F. The number of hydrogen-bond acceptors (Lipinski definition) is 4. The van der Waals surface area contributed by atoms with Crippen molar-refractivity contribution < 1.29 is 32.2 Å². The van der Waals surface area contributed by atoms with Crippen molar-refractivity contribution >= 4 is 5.97 Å². The van der Waals surface area contributed by atoms with Crippen LogP contribution < -0.4 is 9.47 Å². The van der Waals surface area contributed by atoms with Crippen LogP contribution in [0.1, 0.15) is 36.0 Å². The molecule has 1 fully saturated rings. The average molecular weight is 304 g/mol. The quantitative estimate of drug-likeness (QED) is 0.781. The molecule has 0 aromatic heterocycles. The summed E-state index contributed by atoms with van der Waals surface area (Å²) in [6.45, 7) is -3.11. The predicted molar refractivity (Wildman–Crippen MR) is 67.3 cm³/mol. The highest BCUT2D eigenvalue weighted by molar-refractivity contribution is 5.90. The van der Waals surface area contributed by atoms with Gasteiger partial charge >= 0.3 is 12.6 Å². The Balaban J connectivity index is 2.33. The fourth-order valence-corrected chi connectivity index (χ4v) is 2.27. The number of carbonyl (C=O) groups is 1. The Hall–Kier alpha value is -1.92. The van der Waals surface area contributed by atoms with Crippen LogP contribution in [-0.2, 0) is 4.74 Å². The van der Waals surface area contributed by atoms with E-state index in [1.807, 2.05) is 0 Å². The van der Waals surface area contributed by atoms with E-state index in [4.69, 9.17) is 4.74 Å². The van der Waals surface area contributed by atoms with Gasteiger partial charge in [0.05, 0.1) is 18.8 Å². The van der Waals surface area contributed by atoms with Crippen LogP contribution in [0, 0.1) is 5.82 Å². The maximum Gasteiger partial charge on any atom is 0.387 e. The molecule has 0 atom stereocenters. The minimum absolute atomic E-state index is 0.0796. The topological polar surface area (TPSA) is 44.8 Å². The van der Waals surface area contributed by atoms with Gasteiger partial charge in [-0.05, 0) is 25.7 Å². The van der Waals surface area contributed by atoms with Gasteiger partial charge in [0.15, 0.2) is 11.5 Å². The first-order valence-corrected chi connectivity index (χ1v) is 6.54. The van der Waals surface area contributed by atoms with Crippen LogP contribution in [-0.4, -0.2) is 25.8 Å². The molecule has 1 aromatic rings. The van der Waals surface area contributed by atoms with Gasteiger partial charge in [-0.1, -0.05) is 0 Å². The van der Waals surface area contributed by atoms with Crippen LogP contribution in [0.25, 0.3) is 0 Å². The Labute approximate surface area is 119 Å². The molecule has 0 amide bonds. The van der Waals surface area contributed by atoms with Gasteiger partial charge in [-0.25, -0.2) is 9.18 Å². The number of carbonyl (C=O) groups excluding carboxylic acids is 1. The van der Waals surface area contributed by atoms with Crippen LogP contribution in [0.2, 0.25) is 0 Å². The molecule has 0 bridgehead atoms. The van der Waals surface area contributed by atoms with E-state index in [1.165, 1.54) is 0 Å². The second kappa shape index (κ2) is 6.69. The lowest BCUT2D eigenvalue weighted by molar-refractivity contribution is -0.0522. The van der Waals surface area contributed by atoms with Gasteiger partial charge in [0, 0.05) is 12.1 Å². The van der Waals surface area contributed by atoms with E-state index in [0.29, 0.717) is 6.07 Å². The lowest BCUT2D eigenvalue weighted by Gasteiger charge is -2.17. The summed E-state index contributed by atoms with van der Waals surface area (Å²) in [5.74, 6) is -2.42. The van der Waals surface area contributed by atoms with E-state index >= 15 is 0 Å². The summed E-state index contributed by atoms with van der Waals surface area (Å²) in [6, 6.07) is 1.75. The molecule has 1 saturated carbocycles. The first-order chi connectivity index (χ1) is 10.0. The van der Waals surface area contributed by atoms with Crippen molar-refractivity contribution in [2.45, 2.75) is 38.4 Å². The molecule has 0 spiro atoms. The van der Waals surface area contributed by atoms with Crippen molar-refractivity contribution in [1.82, 2.24) is 0 Å². The van der Waals surface area contributed by atoms with E-state index in [1.54, 1.807) is 0 Å². The molecule has 1 aliphatic rings. The molecule has 1 aromatic carbocycles. The van der Waals surface area contributed by atoms with Crippen molar-refractivity contribution in [2.75, 3.05) is 7.11 Å². The monoisotopic (exact) mass is 304 g/mol. The van der Waals surface area contributed by atoms with Crippen molar-refractivity contribution in [1.29, 1.82) is 0 Å². The molecule has 0 radical (unpaired) electrons. The summed E-state index contributed by atoms with van der Waals surface area (Å²) in [6.07, 6.45) is 3.35. The molecule has 0 N–H and O–H groups in total. The van der Waals surface area contributed by atoms with Crippen LogP contribution in [0.5, 0.6) is 11.5 Å². The summed E-state index contributed by atoms with van der Waals surface area (Å²) in [7, 11) is 1.10. The van der Waals surface area contributed by atoms with E-state index in [9.17, 15) is 18.0 Å². The van der Waals surface area contributed by atoms with Crippen molar-refractivity contribution in [3.63, 3.8) is 0 Å². The van der Waals surface area contributed by atoms with Crippen LogP contribution in [0.3, 0.4) is 0 Å². The summed E-state index contributed by atoms with van der Waals surface area (Å²) in [4.78, 5) is 11.5. The fourth-order valence-electron chi connectivity index (χ4n) is 2.27. The molecule has 116 valence electrons. The number of rotatable bonds is 5.